The first kappa shape index (κ1) is 13.5. The Labute approximate surface area is 126 Å². The second-order valence-electron chi connectivity index (χ2n) is 4.39. The van der Waals surface area contributed by atoms with E-state index in [1.807, 2.05) is 11.8 Å². The SMILES string of the molecule is CSc1ccc(-c2nc(C3CSCCN3)cs2)cc1. The summed E-state index contributed by atoms with van der Waals surface area (Å²) in [7, 11) is 0. The summed E-state index contributed by atoms with van der Waals surface area (Å²) in [5, 5.41) is 6.86. The van der Waals surface area contributed by atoms with E-state index in [-0.39, 0.29) is 0 Å². The summed E-state index contributed by atoms with van der Waals surface area (Å²) >= 11 is 5.52. The molecule has 2 aromatic rings. The van der Waals surface area contributed by atoms with Gasteiger partial charge in [-0.05, 0) is 18.4 Å². The van der Waals surface area contributed by atoms with Gasteiger partial charge < -0.3 is 5.32 Å². The van der Waals surface area contributed by atoms with Crippen molar-refractivity contribution in [3.63, 3.8) is 0 Å². The molecule has 0 amide bonds. The van der Waals surface area contributed by atoms with E-state index in [0.29, 0.717) is 6.04 Å². The molecule has 100 valence electrons. The zero-order valence-corrected chi connectivity index (χ0v) is 13.2. The van der Waals surface area contributed by atoms with Crippen LogP contribution in [0.25, 0.3) is 10.6 Å². The van der Waals surface area contributed by atoms with E-state index >= 15 is 0 Å². The van der Waals surface area contributed by atoms with Crippen molar-refractivity contribution in [3.05, 3.63) is 35.3 Å². The van der Waals surface area contributed by atoms with Crippen molar-refractivity contribution in [1.29, 1.82) is 0 Å². The topological polar surface area (TPSA) is 24.9 Å². The van der Waals surface area contributed by atoms with Gasteiger partial charge in [0.2, 0.25) is 0 Å². The fourth-order valence-electron chi connectivity index (χ4n) is 2.07. The molecule has 0 radical (unpaired) electrons. The predicted molar refractivity (Wildman–Crippen MR) is 87.4 cm³/mol. The lowest BCUT2D eigenvalue weighted by atomic mass is 10.2. The number of thiazole rings is 1. The van der Waals surface area contributed by atoms with Gasteiger partial charge in [0.1, 0.15) is 5.01 Å². The maximum Gasteiger partial charge on any atom is 0.123 e. The Balaban J connectivity index is 1.79. The van der Waals surface area contributed by atoms with E-state index in [1.54, 1.807) is 23.1 Å². The number of nitrogens with zero attached hydrogens (tertiary/aromatic N) is 1. The number of aromatic nitrogens is 1. The Morgan fingerprint density at radius 1 is 1.32 bits per heavy atom. The molecular weight excluding hydrogens is 292 g/mol. The first-order valence-electron chi connectivity index (χ1n) is 6.28. The molecule has 1 aliphatic rings. The molecule has 1 saturated heterocycles. The van der Waals surface area contributed by atoms with Crippen molar-refractivity contribution >= 4 is 34.9 Å². The molecule has 0 aliphatic carbocycles. The highest BCUT2D eigenvalue weighted by Crippen LogP contribution is 2.29. The molecule has 1 N–H and O–H groups in total. The molecule has 1 aromatic carbocycles. The number of rotatable bonds is 3. The molecule has 0 saturated carbocycles. The highest BCUT2D eigenvalue weighted by molar-refractivity contribution is 7.99. The van der Waals surface area contributed by atoms with Crippen LogP contribution < -0.4 is 5.32 Å². The average molecular weight is 308 g/mol. The molecule has 5 heteroatoms. The molecule has 1 aromatic heterocycles. The highest BCUT2D eigenvalue weighted by atomic mass is 32.2. The summed E-state index contributed by atoms with van der Waals surface area (Å²) in [6.45, 7) is 1.09. The number of hydrogen-bond donors (Lipinski definition) is 1. The van der Waals surface area contributed by atoms with E-state index < -0.39 is 0 Å². The monoisotopic (exact) mass is 308 g/mol. The summed E-state index contributed by atoms with van der Waals surface area (Å²) in [5.74, 6) is 2.35. The summed E-state index contributed by atoms with van der Waals surface area (Å²) < 4.78 is 0. The van der Waals surface area contributed by atoms with Crippen LogP contribution in [0, 0.1) is 0 Å². The summed E-state index contributed by atoms with van der Waals surface area (Å²) in [6.07, 6.45) is 2.10. The lowest BCUT2D eigenvalue weighted by molar-refractivity contribution is 0.584. The van der Waals surface area contributed by atoms with E-state index in [9.17, 15) is 0 Å². The maximum absolute atomic E-state index is 4.80. The maximum atomic E-state index is 4.80. The molecule has 1 unspecified atom stereocenters. The Kier molecular flexibility index (Phi) is 4.48. The normalized spacial score (nSPS) is 19.5. The highest BCUT2D eigenvalue weighted by Gasteiger charge is 2.18. The van der Waals surface area contributed by atoms with Crippen molar-refractivity contribution in [1.82, 2.24) is 10.3 Å². The molecule has 1 fully saturated rings. The fourth-order valence-corrected chi connectivity index (χ4v) is 4.31. The van der Waals surface area contributed by atoms with Gasteiger partial charge >= 0.3 is 0 Å². The summed E-state index contributed by atoms with van der Waals surface area (Å²) in [6, 6.07) is 9.08. The number of nitrogens with one attached hydrogen (secondary N) is 1. The lowest BCUT2D eigenvalue weighted by Crippen LogP contribution is -2.30. The van der Waals surface area contributed by atoms with Crippen molar-refractivity contribution in [2.75, 3.05) is 24.3 Å². The number of thioether (sulfide) groups is 2. The van der Waals surface area contributed by atoms with Crippen LogP contribution in [-0.2, 0) is 0 Å². The van der Waals surface area contributed by atoms with Crippen LogP contribution in [0.1, 0.15) is 11.7 Å². The van der Waals surface area contributed by atoms with Crippen LogP contribution in [0.15, 0.2) is 34.5 Å². The minimum Gasteiger partial charge on any atom is -0.307 e. The lowest BCUT2D eigenvalue weighted by Gasteiger charge is -2.21. The van der Waals surface area contributed by atoms with Gasteiger partial charge in [-0.25, -0.2) is 4.98 Å². The van der Waals surface area contributed by atoms with Crippen LogP contribution >= 0.6 is 34.9 Å². The van der Waals surface area contributed by atoms with E-state index in [2.05, 4.69) is 41.2 Å². The van der Waals surface area contributed by atoms with Gasteiger partial charge in [-0.3, -0.25) is 0 Å². The van der Waals surface area contributed by atoms with Gasteiger partial charge in [-0.15, -0.1) is 23.1 Å². The summed E-state index contributed by atoms with van der Waals surface area (Å²) in [5.41, 5.74) is 2.42. The largest absolute Gasteiger partial charge is 0.307 e. The van der Waals surface area contributed by atoms with Crippen LogP contribution in [0.2, 0.25) is 0 Å². The van der Waals surface area contributed by atoms with Gasteiger partial charge in [0.05, 0.1) is 11.7 Å². The van der Waals surface area contributed by atoms with E-state index in [1.165, 1.54) is 21.9 Å². The van der Waals surface area contributed by atoms with Gasteiger partial charge in [0, 0.05) is 33.9 Å². The molecule has 2 heterocycles. The van der Waals surface area contributed by atoms with Crippen molar-refractivity contribution in [2.45, 2.75) is 10.9 Å². The first-order valence-corrected chi connectivity index (χ1v) is 9.54. The molecule has 1 aliphatic heterocycles. The third-order valence-electron chi connectivity index (χ3n) is 3.14. The molecule has 3 rings (SSSR count). The van der Waals surface area contributed by atoms with Gasteiger partial charge in [-0.2, -0.15) is 11.8 Å². The van der Waals surface area contributed by atoms with Crippen LogP contribution in [0.4, 0.5) is 0 Å². The molecule has 0 bridgehead atoms. The van der Waals surface area contributed by atoms with E-state index in [0.717, 1.165) is 17.3 Å². The van der Waals surface area contributed by atoms with Crippen molar-refractivity contribution in [3.8, 4) is 10.6 Å². The Morgan fingerprint density at radius 2 is 2.16 bits per heavy atom. The van der Waals surface area contributed by atoms with Crippen molar-refractivity contribution in [2.24, 2.45) is 0 Å². The second kappa shape index (κ2) is 6.31. The predicted octanol–water partition coefficient (Wildman–Crippen LogP) is 3.91. The molecular formula is C14H16N2S3. The average Bonchev–Trinajstić information content (AvgIpc) is 2.98. The third-order valence-corrected chi connectivity index (χ3v) is 5.85. The third kappa shape index (κ3) is 3.16. The Hall–Kier alpha value is -0.490. The van der Waals surface area contributed by atoms with E-state index in [4.69, 9.17) is 4.98 Å². The van der Waals surface area contributed by atoms with Gasteiger partial charge in [-0.1, -0.05) is 12.1 Å². The smallest absolute Gasteiger partial charge is 0.123 e. The second-order valence-corrected chi connectivity index (χ2v) is 7.28. The minimum absolute atomic E-state index is 0.425. The molecule has 0 spiro atoms. The van der Waals surface area contributed by atoms with Gasteiger partial charge in [0.15, 0.2) is 0 Å². The van der Waals surface area contributed by atoms with Crippen LogP contribution in [0.5, 0.6) is 0 Å². The number of benzene rings is 1. The fraction of sp³-hybridized carbons (Fsp3) is 0.357. The molecule has 2 nitrogen and oxygen atoms in total. The standard InChI is InChI=1S/C14H16N2S3/c1-17-11-4-2-10(3-5-11)14-16-13(9-19-14)12-8-18-7-6-15-12/h2-5,9,12,15H,6-8H2,1H3. The zero-order chi connectivity index (χ0) is 13.1. The quantitative estimate of drug-likeness (QED) is 0.869. The first-order chi connectivity index (χ1) is 9.36. The van der Waals surface area contributed by atoms with Crippen LogP contribution in [0.3, 0.4) is 0 Å². The van der Waals surface area contributed by atoms with Crippen LogP contribution in [-0.4, -0.2) is 29.3 Å². The molecule has 1 atom stereocenters. The minimum atomic E-state index is 0.425. The Bertz CT molecular complexity index is 530. The van der Waals surface area contributed by atoms with Crippen molar-refractivity contribution < 1.29 is 0 Å². The molecule has 19 heavy (non-hydrogen) atoms. The van der Waals surface area contributed by atoms with Gasteiger partial charge in [0.25, 0.3) is 0 Å². The number of hydrogen-bond acceptors (Lipinski definition) is 5. The zero-order valence-electron chi connectivity index (χ0n) is 10.8. The Morgan fingerprint density at radius 3 is 2.84 bits per heavy atom. The summed E-state index contributed by atoms with van der Waals surface area (Å²) in [4.78, 5) is 6.09.